The van der Waals surface area contributed by atoms with E-state index in [1.54, 1.807) is 4.90 Å². The van der Waals surface area contributed by atoms with Gasteiger partial charge in [0.05, 0.1) is 0 Å². The summed E-state index contributed by atoms with van der Waals surface area (Å²) in [5.74, 6) is 0. The number of piperazine rings is 1. The number of nitrogens with zero attached hydrogens (tertiary/aromatic N) is 3. The Labute approximate surface area is 202 Å². The first kappa shape index (κ1) is 23.9. The van der Waals surface area contributed by atoms with Gasteiger partial charge in [-0.1, -0.05) is 36.4 Å². The van der Waals surface area contributed by atoms with Crippen molar-refractivity contribution in [3.05, 3.63) is 65.2 Å². The largest absolute Gasteiger partial charge is 0.445 e. The van der Waals surface area contributed by atoms with Gasteiger partial charge in [0.1, 0.15) is 12.2 Å². The summed E-state index contributed by atoms with van der Waals surface area (Å²) in [5, 5.41) is 0. The molecule has 0 N–H and O–H groups in total. The van der Waals surface area contributed by atoms with Crippen LogP contribution in [0.1, 0.15) is 37.5 Å². The number of carbonyl (C=O) groups excluding carboxylic acids is 2. The van der Waals surface area contributed by atoms with Crippen molar-refractivity contribution in [2.24, 2.45) is 0 Å². The smallest absolute Gasteiger partial charge is 0.410 e. The molecule has 1 saturated heterocycles. The van der Waals surface area contributed by atoms with Crippen molar-refractivity contribution in [2.45, 2.75) is 45.8 Å². The third kappa shape index (κ3) is 6.22. The molecule has 0 bridgehead atoms. The first-order valence-electron chi connectivity index (χ1n) is 12.1. The molecule has 2 aromatic rings. The molecule has 0 atom stereocenters. The lowest BCUT2D eigenvalue weighted by molar-refractivity contribution is 0.0258. The van der Waals surface area contributed by atoms with Gasteiger partial charge >= 0.3 is 12.2 Å². The van der Waals surface area contributed by atoms with Crippen molar-refractivity contribution in [1.29, 1.82) is 0 Å². The molecule has 0 spiro atoms. The molecule has 7 nitrogen and oxygen atoms in total. The fraction of sp³-hybridized carbons (Fsp3) is 0.481. The molecule has 2 aromatic carbocycles. The van der Waals surface area contributed by atoms with Crippen LogP contribution in [0.15, 0.2) is 48.5 Å². The molecule has 34 heavy (non-hydrogen) atoms. The molecule has 4 rings (SSSR count). The van der Waals surface area contributed by atoms with E-state index in [9.17, 15) is 9.59 Å². The van der Waals surface area contributed by atoms with Crippen LogP contribution in [0.25, 0.3) is 0 Å². The van der Waals surface area contributed by atoms with Crippen LogP contribution in [0.2, 0.25) is 0 Å². The molecule has 1 fully saturated rings. The van der Waals surface area contributed by atoms with E-state index in [2.05, 4.69) is 23.1 Å². The molecule has 7 heteroatoms. The third-order valence-electron chi connectivity index (χ3n) is 6.25. The minimum Gasteiger partial charge on any atom is -0.445 e. The van der Waals surface area contributed by atoms with Gasteiger partial charge in [-0.15, -0.1) is 0 Å². The summed E-state index contributed by atoms with van der Waals surface area (Å²) in [6.07, 6.45) is 1.15. The van der Waals surface area contributed by atoms with E-state index in [0.717, 1.165) is 31.5 Å². The van der Waals surface area contributed by atoms with Crippen LogP contribution >= 0.6 is 0 Å². The zero-order valence-corrected chi connectivity index (χ0v) is 20.5. The minimum absolute atomic E-state index is 0.240. The van der Waals surface area contributed by atoms with Gasteiger partial charge in [-0.3, -0.25) is 0 Å². The minimum atomic E-state index is -0.487. The predicted octanol–water partition coefficient (Wildman–Crippen LogP) is 4.48. The molecule has 0 aromatic heterocycles. The number of anilines is 1. The zero-order chi connectivity index (χ0) is 24.1. The van der Waals surface area contributed by atoms with Crippen molar-refractivity contribution in [3.63, 3.8) is 0 Å². The Bertz CT molecular complexity index is 995. The summed E-state index contributed by atoms with van der Waals surface area (Å²) in [4.78, 5) is 30.9. The van der Waals surface area contributed by atoms with Crippen molar-refractivity contribution in [1.82, 2.24) is 9.80 Å². The van der Waals surface area contributed by atoms with Gasteiger partial charge < -0.3 is 24.2 Å². The molecule has 2 aliphatic heterocycles. The van der Waals surface area contributed by atoms with E-state index in [-0.39, 0.29) is 12.2 Å². The second-order valence-corrected chi connectivity index (χ2v) is 9.93. The van der Waals surface area contributed by atoms with E-state index in [0.29, 0.717) is 32.8 Å². The number of ether oxygens (including phenoxy) is 2. The van der Waals surface area contributed by atoms with Crippen molar-refractivity contribution in [2.75, 3.05) is 44.2 Å². The van der Waals surface area contributed by atoms with Crippen molar-refractivity contribution < 1.29 is 19.1 Å². The Morgan fingerprint density at radius 1 is 0.794 bits per heavy atom. The van der Waals surface area contributed by atoms with Gasteiger partial charge in [0, 0.05) is 45.0 Å². The zero-order valence-electron chi connectivity index (χ0n) is 20.5. The Kier molecular flexibility index (Phi) is 7.29. The van der Waals surface area contributed by atoms with Crippen LogP contribution in [0.4, 0.5) is 15.3 Å². The molecule has 2 heterocycles. The van der Waals surface area contributed by atoms with E-state index < -0.39 is 5.60 Å². The maximum atomic E-state index is 12.5. The summed E-state index contributed by atoms with van der Waals surface area (Å²) in [7, 11) is 0. The van der Waals surface area contributed by atoms with E-state index >= 15 is 0 Å². The first-order valence-corrected chi connectivity index (χ1v) is 12.1. The summed E-state index contributed by atoms with van der Waals surface area (Å²) in [5.41, 5.74) is 4.25. The first-order chi connectivity index (χ1) is 16.3. The Morgan fingerprint density at radius 3 is 2.12 bits per heavy atom. The molecule has 182 valence electrons. The standard InChI is InChI=1S/C27H35N3O4/c1-27(2,3)34-26(32)29-13-11-22-9-10-24(19-23(22)12-14-29)28-15-17-30(18-16-28)25(31)33-20-21-7-5-4-6-8-21/h4-10,19H,11-18,20H2,1-3H3. The van der Waals surface area contributed by atoms with Crippen LogP contribution < -0.4 is 4.90 Å². The van der Waals surface area contributed by atoms with Crippen LogP contribution in [-0.2, 0) is 28.9 Å². The maximum absolute atomic E-state index is 12.5. The SMILES string of the molecule is CC(C)(C)OC(=O)N1CCc2ccc(N3CCN(C(=O)OCc4ccccc4)CC3)cc2CC1. The van der Waals surface area contributed by atoms with Crippen LogP contribution in [0, 0.1) is 0 Å². The fourth-order valence-electron chi connectivity index (χ4n) is 4.38. The Balaban J connectivity index is 1.30. The number of benzene rings is 2. The highest BCUT2D eigenvalue weighted by Gasteiger charge is 2.26. The van der Waals surface area contributed by atoms with Gasteiger partial charge in [-0.2, -0.15) is 0 Å². The lowest BCUT2D eigenvalue weighted by Crippen LogP contribution is -2.49. The summed E-state index contributed by atoms with van der Waals surface area (Å²) >= 11 is 0. The summed E-state index contributed by atoms with van der Waals surface area (Å²) < 4.78 is 11.0. The van der Waals surface area contributed by atoms with Crippen molar-refractivity contribution >= 4 is 17.9 Å². The highest BCUT2D eigenvalue weighted by atomic mass is 16.6. The molecule has 2 amide bonds. The predicted molar refractivity (Wildman–Crippen MR) is 132 cm³/mol. The summed E-state index contributed by atoms with van der Waals surface area (Å²) in [6.45, 7) is 10.1. The number of hydrogen-bond donors (Lipinski definition) is 0. The monoisotopic (exact) mass is 465 g/mol. The fourth-order valence-corrected chi connectivity index (χ4v) is 4.38. The molecule has 0 aliphatic carbocycles. The van der Waals surface area contributed by atoms with Gasteiger partial charge in [-0.25, -0.2) is 9.59 Å². The number of rotatable bonds is 3. The molecule has 0 unspecified atom stereocenters. The van der Waals surface area contributed by atoms with E-state index in [1.807, 2.05) is 56.0 Å². The quantitative estimate of drug-likeness (QED) is 0.669. The highest BCUT2D eigenvalue weighted by molar-refractivity contribution is 5.69. The lowest BCUT2D eigenvalue weighted by Gasteiger charge is -2.35. The number of amides is 2. The summed E-state index contributed by atoms with van der Waals surface area (Å²) in [6, 6.07) is 16.3. The molecule has 0 saturated carbocycles. The molecule has 2 aliphatic rings. The number of carbonyl (C=O) groups is 2. The van der Waals surface area contributed by atoms with Crippen LogP contribution in [0.5, 0.6) is 0 Å². The normalized spacial score (nSPS) is 16.5. The van der Waals surface area contributed by atoms with E-state index in [4.69, 9.17) is 9.47 Å². The van der Waals surface area contributed by atoms with Gasteiger partial charge in [0.15, 0.2) is 0 Å². The average molecular weight is 466 g/mol. The van der Waals surface area contributed by atoms with Gasteiger partial charge in [-0.05, 0) is 62.4 Å². The number of fused-ring (bicyclic) bond motifs is 1. The average Bonchev–Trinajstić information content (AvgIpc) is 3.04. The topological polar surface area (TPSA) is 62.3 Å². The van der Waals surface area contributed by atoms with Crippen LogP contribution in [0.3, 0.4) is 0 Å². The van der Waals surface area contributed by atoms with Crippen molar-refractivity contribution in [3.8, 4) is 0 Å². The Morgan fingerprint density at radius 2 is 1.44 bits per heavy atom. The highest BCUT2D eigenvalue weighted by Crippen LogP contribution is 2.25. The maximum Gasteiger partial charge on any atom is 0.410 e. The molecular weight excluding hydrogens is 430 g/mol. The molecule has 0 radical (unpaired) electrons. The number of hydrogen-bond acceptors (Lipinski definition) is 5. The van der Waals surface area contributed by atoms with Crippen LogP contribution in [-0.4, -0.2) is 66.9 Å². The molecular formula is C27H35N3O4. The van der Waals surface area contributed by atoms with Gasteiger partial charge in [0.25, 0.3) is 0 Å². The Hall–Kier alpha value is -3.22. The van der Waals surface area contributed by atoms with Gasteiger partial charge in [0.2, 0.25) is 0 Å². The van der Waals surface area contributed by atoms with E-state index in [1.165, 1.54) is 16.8 Å². The second-order valence-electron chi connectivity index (χ2n) is 9.93. The second kappa shape index (κ2) is 10.4. The lowest BCUT2D eigenvalue weighted by atomic mass is 10.0. The third-order valence-corrected chi connectivity index (χ3v) is 6.25.